The smallest absolute Gasteiger partial charge is 0.241 e. The molecule has 2 heterocycles. The van der Waals surface area contributed by atoms with Gasteiger partial charge in [0.25, 0.3) is 0 Å². The van der Waals surface area contributed by atoms with E-state index in [4.69, 9.17) is 5.11 Å². The highest BCUT2D eigenvalue weighted by Gasteiger charge is 2.15. The van der Waals surface area contributed by atoms with Crippen molar-refractivity contribution < 1.29 is 13.5 Å². The standard InChI is InChI=1S/C10H11N3O3S2/c14-6-9-4-10(7-17-9)18(15,16)12-5-8-2-1-3-11-13-8/h1-4,7,12,14H,5-6H2. The van der Waals surface area contributed by atoms with Crippen LogP contribution in [0.4, 0.5) is 0 Å². The fourth-order valence-electron chi connectivity index (χ4n) is 1.26. The Hall–Kier alpha value is -1.35. The second-order valence-electron chi connectivity index (χ2n) is 3.45. The van der Waals surface area contributed by atoms with Crippen molar-refractivity contribution >= 4 is 21.4 Å². The first kappa shape index (κ1) is 13.1. The number of rotatable bonds is 5. The molecule has 0 amide bonds. The highest BCUT2D eigenvalue weighted by molar-refractivity contribution is 7.89. The fraction of sp³-hybridized carbons (Fsp3) is 0.200. The average molecular weight is 285 g/mol. The number of thiophene rings is 1. The molecule has 0 aromatic carbocycles. The first-order valence-electron chi connectivity index (χ1n) is 5.06. The molecule has 0 bridgehead atoms. The minimum Gasteiger partial charge on any atom is -0.391 e. The predicted molar refractivity (Wildman–Crippen MR) is 66.3 cm³/mol. The quantitative estimate of drug-likeness (QED) is 0.835. The van der Waals surface area contributed by atoms with E-state index in [1.54, 1.807) is 12.1 Å². The molecule has 96 valence electrons. The lowest BCUT2D eigenvalue weighted by Crippen LogP contribution is -2.23. The molecule has 0 fully saturated rings. The molecule has 0 atom stereocenters. The summed E-state index contributed by atoms with van der Waals surface area (Å²) in [5.74, 6) is 0. The van der Waals surface area contributed by atoms with Crippen molar-refractivity contribution in [2.75, 3.05) is 0 Å². The van der Waals surface area contributed by atoms with E-state index < -0.39 is 10.0 Å². The highest BCUT2D eigenvalue weighted by Crippen LogP contribution is 2.19. The Morgan fingerprint density at radius 1 is 1.44 bits per heavy atom. The molecule has 0 unspecified atom stereocenters. The molecule has 6 nitrogen and oxygen atoms in total. The molecule has 0 aliphatic carbocycles. The number of aromatic nitrogens is 2. The van der Waals surface area contributed by atoms with Crippen LogP contribution < -0.4 is 4.72 Å². The largest absolute Gasteiger partial charge is 0.391 e. The SMILES string of the molecule is O=S(=O)(NCc1cccnn1)c1csc(CO)c1. The van der Waals surface area contributed by atoms with Gasteiger partial charge >= 0.3 is 0 Å². The van der Waals surface area contributed by atoms with Crippen molar-refractivity contribution in [2.45, 2.75) is 18.0 Å². The molecule has 0 aliphatic rings. The Kier molecular flexibility index (Phi) is 4.02. The van der Waals surface area contributed by atoms with Gasteiger partial charge in [0.1, 0.15) is 0 Å². The topological polar surface area (TPSA) is 92.2 Å². The van der Waals surface area contributed by atoms with Crippen LogP contribution in [-0.4, -0.2) is 23.7 Å². The fourth-order valence-corrected chi connectivity index (χ4v) is 3.40. The van der Waals surface area contributed by atoms with Gasteiger partial charge in [-0.3, -0.25) is 0 Å². The Bertz CT molecular complexity index is 610. The molecule has 2 aromatic rings. The summed E-state index contributed by atoms with van der Waals surface area (Å²) in [6, 6.07) is 4.82. The van der Waals surface area contributed by atoms with Crippen LogP contribution in [-0.2, 0) is 23.2 Å². The summed E-state index contributed by atoms with van der Waals surface area (Å²) < 4.78 is 26.2. The van der Waals surface area contributed by atoms with Gasteiger partial charge in [-0.05, 0) is 18.2 Å². The van der Waals surface area contributed by atoms with Crippen molar-refractivity contribution in [3.63, 3.8) is 0 Å². The predicted octanol–water partition coefficient (Wildman–Crippen LogP) is 0.509. The van der Waals surface area contributed by atoms with Crippen LogP contribution >= 0.6 is 11.3 Å². The van der Waals surface area contributed by atoms with Crippen LogP contribution in [0.1, 0.15) is 10.6 Å². The summed E-state index contributed by atoms with van der Waals surface area (Å²) in [4.78, 5) is 0.760. The molecule has 8 heteroatoms. The lowest BCUT2D eigenvalue weighted by atomic mass is 10.4. The normalized spacial score (nSPS) is 11.6. The van der Waals surface area contributed by atoms with Gasteiger partial charge in [0, 0.05) is 16.5 Å². The van der Waals surface area contributed by atoms with Gasteiger partial charge < -0.3 is 5.11 Å². The van der Waals surface area contributed by atoms with Gasteiger partial charge in [0.15, 0.2) is 0 Å². The number of aliphatic hydroxyl groups is 1. The van der Waals surface area contributed by atoms with Crippen LogP contribution in [0.25, 0.3) is 0 Å². The monoisotopic (exact) mass is 285 g/mol. The number of nitrogens with zero attached hydrogens (tertiary/aromatic N) is 2. The Labute approximate surface area is 108 Å². The molecule has 2 aromatic heterocycles. The molecule has 0 saturated heterocycles. The minimum absolute atomic E-state index is 0.0838. The second-order valence-corrected chi connectivity index (χ2v) is 6.21. The summed E-state index contributed by atoms with van der Waals surface area (Å²) in [7, 11) is -3.57. The summed E-state index contributed by atoms with van der Waals surface area (Å²) in [6.45, 7) is -0.0785. The van der Waals surface area contributed by atoms with E-state index in [1.165, 1.54) is 29.0 Å². The molecule has 2 rings (SSSR count). The molecule has 0 saturated carbocycles. The maximum atomic E-state index is 11.9. The maximum absolute atomic E-state index is 11.9. The Morgan fingerprint density at radius 2 is 2.28 bits per heavy atom. The molecule has 2 N–H and O–H groups in total. The first-order chi connectivity index (χ1) is 8.62. The van der Waals surface area contributed by atoms with Crippen LogP contribution in [0.15, 0.2) is 34.7 Å². The molecule has 0 spiro atoms. The van der Waals surface area contributed by atoms with Crippen molar-refractivity contribution in [1.29, 1.82) is 0 Å². The van der Waals surface area contributed by atoms with E-state index in [1.807, 2.05) is 0 Å². The second kappa shape index (κ2) is 5.53. The van der Waals surface area contributed by atoms with E-state index >= 15 is 0 Å². The van der Waals surface area contributed by atoms with Crippen LogP contribution in [0.2, 0.25) is 0 Å². The molecule has 0 radical (unpaired) electrons. The zero-order chi connectivity index (χ0) is 13.0. The average Bonchev–Trinajstić information content (AvgIpc) is 2.87. The van der Waals surface area contributed by atoms with Gasteiger partial charge in [0.2, 0.25) is 10.0 Å². The summed E-state index contributed by atoms with van der Waals surface area (Å²) in [5, 5.41) is 17.8. The van der Waals surface area contributed by atoms with Crippen molar-refractivity contribution in [2.24, 2.45) is 0 Å². The van der Waals surface area contributed by atoms with E-state index in [-0.39, 0.29) is 18.0 Å². The number of hydrogen-bond donors (Lipinski definition) is 2. The van der Waals surface area contributed by atoms with E-state index in [9.17, 15) is 8.42 Å². The first-order valence-corrected chi connectivity index (χ1v) is 7.42. The zero-order valence-corrected chi connectivity index (χ0v) is 10.9. The molecule has 0 aliphatic heterocycles. The minimum atomic E-state index is -3.57. The molecular formula is C10H11N3O3S2. The summed E-state index contributed by atoms with van der Waals surface area (Å²) in [5.41, 5.74) is 0.540. The molecule has 18 heavy (non-hydrogen) atoms. The third kappa shape index (κ3) is 3.10. The lowest BCUT2D eigenvalue weighted by Gasteiger charge is -2.03. The van der Waals surface area contributed by atoms with Crippen molar-refractivity contribution in [3.05, 3.63) is 40.3 Å². The Balaban J connectivity index is 2.08. The number of aliphatic hydroxyl groups excluding tert-OH is 1. The third-order valence-corrected chi connectivity index (χ3v) is 4.62. The van der Waals surface area contributed by atoms with E-state index in [0.717, 1.165) is 0 Å². The highest BCUT2D eigenvalue weighted by atomic mass is 32.2. The van der Waals surface area contributed by atoms with Gasteiger partial charge in [-0.2, -0.15) is 10.2 Å². The van der Waals surface area contributed by atoms with Crippen molar-refractivity contribution in [3.8, 4) is 0 Å². The summed E-state index contributed by atoms with van der Waals surface area (Å²) >= 11 is 1.20. The maximum Gasteiger partial charge on any atom is 0.241 e. The van der Waals surface area contributed by atoms with Crippen LogP contribution in [0, 0.1) is 0 Å². The zero-order valence-electron chi connectivity index (χ0n) is 9.28. The van der Waals surface area contributed by atoms with Gasteiger partial charge in [-0.25, -0.2) is 13.1 Å². The van der Waals surface area contributed by atoms with Crippen LogP contribution in [0.5, 0.6) is 0 Å². The lowest BCUT2D eigenvalue weighted by molar-refractivity contribution is 0.285. The number of hydrogen-bond acceptors (Lipinski definition) is 6. The van der Waals surface area contributed by atoms with Gasteiger partial charge in [0.05, 0.1) is 23.7 Å². The summed E-state index contributed by atoms with van der Waals surface area (Å²) in [6.07, 6.45) is 1.52. The number of sulfonamides is 1. The van der Waals surface area contributed by atoms with E-state index in [2.05, 4.69) is 14.9 Å². The third-order valence-electron chi connectivity index (χ3n) is 2.17. The van der Waals surface area contributed by atoms with Crippen molar-refractivity contribution in [1.82, 2.24) is 14.9 Å². The Morgan fingerprint density at radius 3 is 2.89 bits per heavy atom. The molecular weight excluding hydrogens is 274 g/mol. The number of nitrogens with one attached hydrogen (secondary N) is 1. The van der Waals surface area contributed by atoms with E-state index in [0.29, 0.717) is 10.6 Å². The van der Waals surface area contributed by atoms with Gasteiger partial charge in [-0.1, -0.05) is 0 Å². The van der Waals surface area contributed by atoms with Crippen LogP contribution in [0.3, 0.4) is 0 Å². The van der Waals surface area contributed by atoms with Gasteiger partial charge in [-0.15, -0.1) is 11.3 Å².